The lowest BCUT2D eigenvalue weighted by molar-refractivity contribution is 0.413. The number of ether oxygens (including phenoxy) is 1. The van der Waals surface area contributed by atoms with Gasteiger partial charge in [0.2, 0.25) is 0 Å². The number of nitrogens with zero attached hydrogens (tertiary/aromatic N) is 2. The zero-order valence-corrected chi connectivity index (χ0v) is 9.55. The number of aromatic nitrogens is 2. The summed E-state index contributed by atoms with van der Waals surface area (Å²) in [5.74, 6) is 0.617. The molecule has 0 amide bonds. The molecule has 1 heterocycles. The van der Waals surface area contributed by atoms with Crippen LogP contribution in [0.15, 0.2) is 36.7 Å². The van der Waals surface area contributed by atoms with Crippen LogP contribution in [0, 0.1) is 5.41 Å². The molecule has 0 aliphatic carbocycles. The summed E-state index contributed by atoms with van der Waals surface area (Å²) in [6.07, 6.45) is 3.62. The van der Waals surface area contributed by atoms with Gasteiger partial charge in [-0.25, -0.2) is 0 Å². The lowest BCUT2D eigenvalue weighted by atomic mass is 10.1. The second kappa shape index (κ2) is 4.69. The minimum Gasteiger partial charge on any atom is -0.496 e. The van der Waals surface area contributed by atoms with Crippen molar-refractivity contribution in [2.24, 2.45) is 5.73 Å². The van der Waals surface area contributed by atoms with Crippen LogP contribution in [0.2, 0.25) is 0 Å². The van der Waals surface area contributed by atoms with Crippen LogP contribution in [0.25, 0.3) is 0 Å². The van der Waals surface area contributed by atoms with Crippen LogP contribution < -0.4 is 10.5 Å². The highest BCUT2D eigenvalue weighted by atomic mass is 16.5. The Balaban J connectivity index is 2.30. The molecule has 5 nitrogen and oxygen atoms in total. The van der Waals surface area contributed by atoms with Crippen molar-refractivity contribution in [1.29, 1.82) is 5.41 Å². The number of hydrogen-bond acceptors (Lipinski definition) is 3. The third kappa shape index (κ3) is 2.44. The molecule has 1 aromatic carbocycles. The quantitative estimate of drug-likeness (QED) is 0.612. The average molecular weight is 230 g/mol. The highest BCUT2D eigenvalue weighted by molar-refractivity contribution is 5.97. The van der Waals surface area contributed by atoms with Crippen LogP contribution in [-0.2, 0) is 6.54 Å². The van der Waals surface area contributed by atoms with Gasteiger partial charge in [0.25, 0.3) is 0 Å². The molecule has 0 unspecified atom stereocenters. The second-order valence-electron chi connectivity index (χ2n) is 3.65. The van der Waals surface area contributed by atoms with Crippen LogP contribution in [-0.4, -0.2) is 22.7 Å². The fraction of sp³-hybridized carbons (Fsp3) is 0.167. The first-order valence-corrected chi connectivity index (χ1v) is 5.19. The topological polar surface area (TPSA) is 76.9 Å². The van der Waals surface area contributed by atoms with E-state index in [1.54, 1.807) is 13.3 Å². The molecule has 0 radical (unpaired) electrons. The van der Waals surface area contributed by atoms with Crippen molar-refractivity contribution in [1.82, 2.24) is 9.78 Å². The van der Waals surface area contributed by atoms with Crippen molar-refractivity contribution in [2.45, 2.75) is 6.54 Å². The van der Waals surface area contributed by atoms with Crippen LogP contribution in [0.3, 0.4) is 0 Å². The lowest BCUT2D eigenvalue weighted by Crippen LogP contribution is -2.13. The Kier molecular flexibility index (Phi) is 3.09. The summed E-state index contributed by atoms with van der Waals surface area (Å²) in [6.45, 7) is 0.650. The number of nitrogens with two attached hydrogens (primary N) is 1. The van der Waals surface area contributed by atoms with Crippen molar-refractivity contribution in [2.75, 3.05) is 7.11 Å². The van der Waals surface area contributed by atoms with Gasteiger partial charge in [0.15, 0.2) is 0 Å². The fourth-order valence-corrected chi connectivity index (χ4v) is 1.65. The van der Waals surface area contributed by atoms with E-state index >= 15 is 0 Å². The molecule has 2 aromatic rings. The van der Waals surface area contributed by atoms with Gasteiger partial charge in [-0.2, -0.15) is 5.10 Å². The van der Waals surface area contributed by atoms with E-state index in [2.05, 4.69) is 5.10 Å². The van der Waals surface area contributed by atoms with Crippen LogP contribution in [0.4, 0.5) is 0 Å². The molecule has 0 spiro atoms. The average Bonchev–Trinajstić information content (AvgIpc) is 2.81. The maximum absolute atomic E-state index is 7.50. The minimum atomic E-state index is 0.00386. The first-order chi connectivity index (χ1) is 8.20. The number of nitrogen functional groups attached to an aromatic ring is 1. The largest absolute Gasteiger partial charge is 0.496 e. The number of hydrogen-bond donors (Lipinski definition) is 2. The second-order valence-corrected chi connectivity index (χ2v) is 3.65. The van der Waals surface area contributed by atoms with Crippen LogP contribution >= 0.6 is 0 Å². The van der Waals surface area contributed by atoms with Gasteiger partial charge in [-0.3, -0.25) is 10.1 Å². The molecule has 88 valence electrons. The summed E-state index contributed by atoms with van der Waals surface area (Å²) in [5, 5.41) is 11.6. The predicted molar refractivity (Wildman–Crippen MR) is 65.3 cm³/mol. The summed E-state index contributed by atoms with van der Waals surface area (Å²) in [6, 6.07) is 7.47. The zero-order valence-electron chi connectivity index (χ0n) is 9.55. The van der Waals surface area contributed by atoms with E-state index in [9.17, 15) is 0 Å². The molecule has 2 rings (SSSR count). The molecule has 1 aromatic heterocycles. The highest BCUT2D eigenvalue weighted by Gasteiger charge is 2.07. The number of benzene rings is 1. The third-order valence-electron chi connectivity index (χ3n) is 2.46. The Hall–Kier alpha value is -2.30. The maximum atomic E-state index is 7.50. The third-order valence-corrected chi connectivity index (χ3v) is 2.46. The molecule has 0 fully saturated rings. The smallest absolute Gasteiger partial charge is 0.129 e. The zero-order chi connectivity index (χ0) is 12.3. The maximum Gasteiger partial charge on any atom is 0.129 e. The van der Waals surface area contributed by atoms with Gasteiger partial charge in [0.05, 0.1) is 19.2 Å². The van der Waals surface area contributed by atoms with Gasteiger partial charge in [-0.05, 0) is 23.8 Å². The van der Waals surface area contributed by atoms with E-state index in [1.165, 1.54) is 0 Å². The first kappa shape index (κ1) is 11.2. The first-order valence-electron chi connectivity index (χ1n) is 5.19. The number of nitrogens with one attached hydrogen (secondary N) is 1. The van der Waals surface area contributed by atoms with E-state index in [4.69, 9.17) is 15.9 Å². The highest BCUT2D eigenvalue weighted by Crippen LogP contribution is 2.19. The minimum absolute atomic E-state index is 0.00386. The number of rotatable bonds is 4. The Labute approximate surface area is 99.3 Å². The van der Waals surface area contributed by atoms with Gasteiger partial charge in [-0.15, -0.1) is 0 Å². The van der Waals surface area contributed by atoms with Crippen molar-refractivity contribution in [3.8, 4) is 5.75 Å². The SMILES string of the molecule is COc1ccc(Cn2cccn2)cc1C(=N)N. The molecular formula is C12H14N4O. The molecule has 3 N–H and O–H groups in total. The van der Waals surface area contributed by atoms with Crippen molar-refractivity contribution < 1.29 is 4.74 Å². The Morgan fingerprint density at radius 2 is 2.35 bits per heavy atom. The Morgan fingerprint density at radius 3 is 2.94 bits per heavy atom. The summed E-state index contributed by atoms with van der Waals surface area (Å²) < 4.78 is 6.96. The van der Waals surface area contributed by atoms with E-state index in [0.29, 0.717) is 17.9 Å². The molecule has 0 aliphatic heterocycles. The molecule has 17 heavy (non-hydrogen) atoms. The van der Waals surface area contributed by atoms with Crippen LogP contribution in [0.5, 0.6) is 5.75 Å². The van der Waals surface area contributed by atoms with Gasteiger partial charge in [-0.1, -0.05) is 6.07 Å². The normalized spacial score (nSPS) is 10.2. The summed E-state index contributed by atoms with van der Waals surface area (Å²) >= 11 is 0. The van der Waals surface area contributed by atoms with E-state index in [1.807, 2.05) is 35.1 Å². The van der Waals surface area contributed by atoms with Gasteiger partial charge in [0.1, 0.15) is 11.6 Å². The van der Waals surface area contributed by atoms with E-state index in [-0.39, 0.29) is 5.84 Å². The van der Waals surface area contributed by atoms with Crippen molar-refractivity contribution in [3.63, 3.8) is 0 Å². The standard InChI is InChI=1S/C12H14N4O/c1-17-11-4-3-9(7-10(11)12(13)14)8-16-6-2-5-15-16/h2-7H,8H2,1H3,(H3,13,14). The monoisotopic (exact) mass is 230 g/mol. The predicted octanol–water partition coefficient (Wildman–Crippen LogP) is 1.22. The van der Waals surface area contributed by atoms with E-state index < -0.39 is 0 Å². The summed E-state index contributed by atoms with van der Waals surface area (Å²) in [5.41, 5.74) is 7.15. The fourth-order valence-electron chi connectivity index (χ4n) is 1.65. The number of methoxy groups -OCH3 is 1. The van der Waals surface area contributed by atoms with Gasteiger partial charge in [0, 0.05) is 12.4 Å². The van der Waals surface area contributed by atoms with Crippen molar-refractivity contribution >= 4 is 5.84 Å². The Morgan fingerprint density at radius 1 is 1.53 bits per heavy atom. The molecule has 0 saturated carbocycles. The molecule has 0 atom stereocenters. The molecule has 0 aliphatic rings. The van der Waals surface area contributed by atoms with Crippen molar-refractivity contribution in [3.05, 3.63) is 47.8 Å². The molecule has 0 saturated heterocycles. The van der Waals surface area contributed by atoms with Gasteiger partial charge < -0.3 is 10.5 Å². The molecule has 5 heteroatoms. The van der Waals surface area contributed by atoms with Crippen LogP contribution in [0.1, 0.15) is 11.1 Å². The molecule has 0 bridgehead atoms. The van der Waals surface area contributed by atoms with Gasteiger partial charge >= 0.3 is 0 Å². The Bertz CT molecular complexity index is 519. The summed E-state index contributed by atoms with van der Waals surface area (Å²) in [7, 11) is 1.56. The summed E-state index contributed by atoms with van der Waals surface area (Å²) in [4.78, 5) is 0. The molecular weight excluding hydrogens is 216 g/mol. The lowest BCUT2D eigenvalue weighted by Gasteiger charge is -2.09. The number of amidine groups is 1. The van der Waals surface area contributed by atoms with E-state index in [0.717, 1.165) is 5.56 Å².